The molecule has 3 aliphatic rings. The molecular weight excluding hydrogens is 590 g/mol. The molecule has 3 aliphatic heterocycles. The number of nitrogens with one attached hydrogen (secondary N) is 2. The highest BCUT2D eigenvalue weighted by Crippen LogP contribution is 2.43. The summed E-state index contributed by atoms with van der Waals surface area (Å²) in [4.78, 5) is 36.2. The molecule has 9 atom stereocenters. The number of benzene rings is 1. The minimum atomic E-state index is -0.819. The summed E-state index contributed by atoms with van der Waals surface area (Å²) < 4.78 is 23.2. The van der Waals surface area contributed by atoms with E-state index in [1.54, 1.807) is 25.1 Å². The van der Waals surface area contributed by atoms with Crippen molar-refractivity contribution < 1.29 is 38.4 Å². The van der Waals surface area contributed by atoms with E-state index < -0.39 is 29.9 Å². The average molecular weight is 640 g/mol. The van der Waals surface area contributed by atoms with Crippen molar-refractivity contribution in [3.63, 3.8) is 0 Å². The first-order valence-electron chi connectivity index (χ1n) is 16.1. The van der Waals surface area contributed by atoms with Crippen LogP contribution in [-0.4, -0.2) is 77.8 Å². The first-order valence-corrected chi connectivity index (χ1v) is 16.1. The molecule has 0 saturated carbocycles. The molecule has 0 bridgehead atoms. The Kier molecular flexibility index (Phi) is 12.2. The molecule has 252 valence electrons. The van der Waals surface area contributed by atoms with Gasteiger partial charge in [-0.05, 0) is 63.3 Å². The van der Waals surface area contributed by atoms with Gasteiger partial charge in [-0.3, -0.25) is 14.4 Å². The third kappa shape index (κ3) is 10.2. The van der Waals surface area contributed by atoms with Crippen LogP contribution in [0, 0.1) is 5.92 Å². The summed E-state index contributed by atoms with van der Waals surface area (Å²) in [5.41, 5.74) is 7.69. The van der Waals surface area contributed by atoms with Gasteiger partial charge in [-0.1, -0.05) is 42.9 Å². The Balaban J connectivity index is 1.25. The Morgan fingerprint density at radius 1 is 1.15 bits per heavy atom. The topological polar surface area (TPSA) is 162 Å². The van der Waals surface area contributed by atoms with Crippen molar-refractivity contribution in [2.45, 2.75) is 115 Å². The van der Waals surface area contributed by atoms with Crippen molar-refractivity contribution >= 4 is 23.5 Å². The van der Waals surface area contributed by atoms with E-state index in [2.05, 4.69) is 23.6 Å². The Bertz CT molecular complexity index is 1310. The summed E-state index contributed by atoms with van der Waals surface area (Å²) in [6.07, 6.45) is 8.44. The minimum absolute atomic E-state index is 0.0122. The number of hydrogen-bond donors (Lipinski definition) is 4. The summed E-state index contributed by atoms with van der Waals surface area (Å²) in [6.45, 7) is 9.92. The van der Waals surface area contributed by atoms with E-state index in [1.807, 2.05) is 38.1 Å². The number of aliphatic hydroxyl groups excluding tert-OH is 1. The zero-order valence-corrected chi connectivity index (χ0v) is 27.4. The van der Waals surface area contributed by atoms with E-state index in [4.69, 9.17) is 24.7 Å². The van der Waals surface area contributed by atoms with Gasteiger partial charge in [-0.15, -0.1) is 0 Å². The fraction of sp³-hybridized carbons (Fsp3) is 0.571. The number of carbonyl (C=O) groups excluding carboxylic acids is 3. The number of anilines is 1. The largest absolute Gasteiger partial charge is 0.459 e. The Morgan fingerprint density at radius 3 is 2.54 bits per heavy atom. The average Bonchev–Trinajstić information content (AvgIpc) is 3.77. The van der Waals surface area contributed by atoms with Crippen LogP contribution in [0.25, 0.3) is 0 Å². The van der Waals surface area contributed by atoms with Crippen LogP contribution in [0.15, 0.2) is 60.2 Å². The highest BCUT2D eigenvalue weighted by Gasteiger charge is 2.58. The van der Waals surface area contributed by atoms with E-state index >= 15 is 0 Å². The molecule has 0 aliphatic carbocycles. The van der Waals surface area contributed by atoms with Gasteiger partial charge >= 0.3 is 5.97 Å². The SMILES string of the molecule is CC(=O)OC(C)C=CC(=O)N[C@@H]1C[C@H](C)[C@H](C/C=C(C)/C=C/[C@H]2O[C@H](CC(=O)NCc3ccc(N)cc3)C[C@@]3(CO3)[C@@H]2O)O[C@@H]1C. The Morgan fingerprint density at radius 2 is 1.87 bits per heavy atom. The summed E-state index contributed by atoms with van der Waals surface area (Å²) in [7, 11) is 0. The summed E-state index contributed by atoms with van der Waals surface area (Å²) in [5, 5.41) is 16.9. The highest BCUT2D eigenvalue weighted by atomic mass is 16.6. The number of allylic oxidation sites excluding steroid dienone is 2. The molecule has 3 fully saturated rings. The number of nitrogen functional groups attached to an aromatic ring is 1. The first-order chi connectivity index (χ1) is 21.8. The van der Waals surface area contributed by atoms with Gasteiger partial charge in [0.1, 0.15) is 23.9 Å². The van der Waals surface area contributed by atoms with Gasteiger partial charge in [0, 0.05) is 31.7 Å². The van der Waals surface area contributed by atoms with Crippen LogP contribution >= 0.6 is 0 Å². The van der Waals surface area contributed by atoms with E-state index in [0.29, 0.717) is 31.7 Å². The zero-order valence-electron chi connectivity index (χ0n) is 27.4. The lowest BCUT2D eigenvalue weighted by molar-refractivity contribution is -0.145. The maximum Gasteiger partial charge on any atom is 0.303 e. The number of aliphatic hydroxyl groups is 1. The number of epoxide rings is 1. The van der Waals surface area contributed by atoms with Gasteiger partial charge in [0.05, 0.1) is 37.4 Å². The van der Waals surface area contributed by atoms with Crippen LogP contribution in [0.2, 0.25) is 0 Å². The van der Waals surface area contributed by atoms with Crippen molar-refractivity contribution in [3.05, 3.63) is 65.8 Å². The molecule has 3 heterocycles. The number of amides is 2. The zero-order chi connectivity index (χ0) is 33.4. The molecule has 11 nitrogen and oxygen atoms in total. The predicted octanol–water partition coefficient (Wildman–Crippen LogP) is 3.26. The Hall–Kier alpha value is -3.51. The van der Waals surface area contributed by atoms with Crippen LogP contribution < -0.4 is 16.4 Å². The smallest absolute Gasteiger partial charge is 0.303 e. The molecule has 11 heteroatoms. The van der Waals surface area contributed by atoms with Crippen molar-refractivity contribution in [1.82, 2.24) is 10.6 Å². The summed E-state index contributed by atoms with van der Waals surface area (Å²) in [5.74, 6) is -0.571. The molecular formula is C35H49N3O8. The summed E-state index contributed by atoms with van der Waals surface area (Å²) in [6, 6.07) is 7.22. The third-order valence-electron chi connectivity index (χ3n) is 8.81. The highest BCUT2D eigenvalue weighted by molar-refractivity contribution is 5.87. The van der Waals surface area contributed by atoms with E-state index in [-0.39, 0.29) is 48.5 Å². The van der Waals surface area contributed by atoms with Crippen molar-refractivity contribution in [2.75, 3.05) is 12.3 Å². The van der Waals surface area contributed by atoms with Gasteiger partial charge < -0.3 is 40.4 Å². The molecule has 1 aromatic rings. The molecule has 0 aromatic heterocycles. The van der Waals surface area contributed by atoms with Crippen LogP contribution in [0.5, 0.6) is 0 Å². The minimum Gasteiger partial charge on any atom is -0.459 e. The molecule has 1 unspecified atom stereocenters. The second-order valence-corrected chi connectivity index (χ2v) is 12.9. The number of carbonyl (C=O) groups is 3. The van der Waals surface area contributed by atoms with Crippen molar-refractivity contribution in [1.29, 1.82) is 0 Å². The lowest BCUT2D eigenvalue weighted by Crippen LogP contribution is -2.50. The number of ether oxygens (including phenoxy) is 4. The molecule has 46 heavy (non-hydrogen) atoms. The first kappa shape index (κ1) is 35.3. The molecule has 1 aromatic carbocycles. The van der Waals surface area contributed by atoms with Crippen LogP contribution in [-0.2, 0) is 39.9 Å². The van der Waals surface area contributed by atoms with Gasteiger partial charge in [0.15, 0.2) is 0 Å². The lowest BCUT2D eigenvalue weighted by atomic mass is 9.87. The normalized spacial score (nSPS) is 32.0. The van der Waals surface area contributed by atoms with Gasteiger partial charge in [0.25, 0.3) is 0 Å². The maximum absolute atomic E-state index is 12.7. The van der Waals surface area contributed by atoms with Crippen molar-refractivity contribution in [2.24, 2.45) is 5.92 Å². The maximum atomic E-state index is 12.7. The van der Waals surface area contributed by atoms with E-state index in [1.165, 1.54) is 13.0 Å². The number of esters is 1. The Labute approximate surface area is 271 Å². The fourth-order valence-corrected chi connectivity index (χ4v) is 6.00. The van der Waals surface area contributed by atoms with Crippen LogP contribution in [0.3, 0.4) is 0 Å². The second-order valence-electron chi connectivity index (χ2n) is 12.9. The monoisotopic (exact) mass is 639 g/mol. The molecule has 2 amide bonds. The molecule has 0 radical (unpaired) electrons. The predicted molar refractivity (Wildman–Crippen MR) is 173 cm³/mol. The lowest BCUT2D eigenvalue weighted by Gasteiger charge is -2.39. The summed E-state index contributed by atoms with van der Waals surface area (Å²) >= 11 is 0. The quantitative estimate of drug-likeness (QED) is 0.0885. The van der Waals surface area contributed by atoms with Crippen molar-refractivity contribution in [3.8, 4) is 0 Å². The molecule has 1 spiro atoms. The van der Waals surface area contributed by atoms with Crippen LogP contribution in [0.1, 0.15) is 65.9 Å². The number of nitrogens with two attached hydrogens (primary N) is 1. The van der Waals surface area contributed by atoms with Gasteiger partial charge in [-0.2, -0.15) is 0 Å². The van der Waals surface area contributed by atoms with E-state index in [0.717, 1.165) is 17.6 Å². The van der Waals surface area contributed by atoms with Crippen LogP contribution in [0.4, 0.5) is 5.69 Å². The number of rotatable bonds is 12. The molecule has 5 N–H and O–H groups in total. The van der Waals surface area contributed by atoms with E-state index in [9.17, 15) is 19.5 Å². The van der Waals surface area contributed by atoms with Gasteiger partial charge in [0.2, 0.25) is 11.8 Å². The molecule has 4 rings (SSSR count). The fourth-order valence-electron chi connectivity index (χ4n) is 6.00. The number of hydrogen-bond acceptors (Lipinski definition) is 9. The standard InChI is InChI=1S/C35H49N3O8/c1-21(6-13-30-22(2)16-29(24(4)45-30)38-32(40)15-8-23(3)44-25(5)39)7-14-31-34(42)35(20-43-35)18-28(46-31)17-33(41)37-19-26-9-11-27(36)12-10-26/h6-12,14-15,22-24,28-31,34,42H,13,16-20,36H2,1-5H3,(H,37,41)(H,38,40)/b14-7+,15-8?,21-6+/t22-,23?,24+,28+,29+,30-,31+,34+,35+/m0/s1. The second kappa shape index (κ2) is 15.9. The van der Waals surface area contributed by atoms with Gasteiger partial charge in [-0.25, -0.2) is 0 Å². The molecule has 3 saturated heterocycles. The third-order valence-corrected chi connectivity index (χ3v) is 8.81.